The van der Waals surface area contributed by atoms with Crippen molar-refractivity contribution >= 4 is 11.8 Å². The second-order valence-electron chi connectivity index (χ2n) is 5.45. The maximum atomic E-state index is 11.8. The molecule has 1 saturated heterocycles. The zero-order valence-corrected chi connectivity index (χ0v) is 13.2. The summed E-state index contributed by atoms with van der Waals surface area (Å²) in [5.41, 5.74) is 0. The molecule has 1 fully saturated rings. The molecule has 2 heterocycles. The van der Waals surface area contributed by atoms with E-state index in [-0.39, 0.29) is 19.1 Å². The Bertz CT molecular complexity index is 497. The van der Waals surface area contributed by atoms with Gasteiger partial charge in [0.25, 0.3) is 0 Å². The molecule has 2 amide bonds. The molecule has 128 valence electrons. The SMILES string of the molecule is CC(O)CNC(=O)C(=O)NCC(c1ccco1)N1CCOCC1. The van der Waals surface area contributed by atoms with Crippen LogP contribution in [0.2, 0.25) is 0 Å². The van der Waals surface area contributed by atoms with Crippen LogP contribution in [0.25, 0.3) is 0 Å². The predicted octanol–water partition coefficient (Wildman–Crippen LogP) is -0.734. The minimum atomic E-state index is -0.758. The number of aliphatic hydroxyl groups excluding tert-OH is 1. The van der Waals surface area contributed by atoms with E-state index in [0.717, 1.165) is 18.8 Å². The van der Waals surface area contributed by atoms with Gasteiger partial charge in [0.05, 0.1) is 31.6 Å². The van der Waals surface area contributed by atoms with E-state index in [1.54, 1.807) is 12.3 Å². The van der Waals surface area contributed by atoms with Crippen molar-refractivity contribution in [2.45, 2.75) is 19.1 Å². The smallest absolute Gasteiger partial charge is 0.309 e. The van der Waals surface area contributed by atoms with Crippen LogP contribution in [-0.2, 0) is 14.3 Å². The number of nitrogens with zero attached hydrogens (tertiary/aromatic N) is 1. The number of hydrogen-bond donors (Lipinski definition) is 3. The molecule has 8 nitrogen and oxygen atoms in total. The molecule has 1 aromatic heterocycles. The Labute approximate surface area is 134 Å². The third-order valence-corrected chi connectivity index (χ3v) is 3.58. The van der Waals surface area contributed by atoms with E-state index in [2.05, 4.69) is 15.5 Å². The highest BCUT2D eigenvalue weighted by molar-refractivity contribution is 6.35. The lowest BCUT2D eigenvalue weighted by molar-refractivity contribution is -0.139. The van der Waals surface area contributed by atoms with Gasteiger partial charge in [0.15, 0.2) is 0 Å². The average molecular weight is 325 g/mol. The Kier molecular flexibility index (Phi) is 6.57. The van der Waals surface area contributed by atoms with Crippen molar-refractivity contribution in [2.24, 2.45) is 0 Å². The molecule has 2 rings (SSSR count). The molecule has 0 spiro atoms. The van der Waals surface area contributed by atoms with Crippen molar-refractivity contribution in [1.29, 1.82) is 0 Å². The lowest BCUT2D eigenvalue weighted by atomic mass is 10.1. The van der Waals surface area contributed by atoms with Crippen LogP contribution < -0.4 is 10.6 Å². The molecule has 2 unspecified atom stereocenters. The van der Waals surface area contributed by atoms with Gasteiger partial charge in [-0.3, -0.25) is 14.5 Å². The Morgan fingerprint density at radius 3 is 2.48 bits per heavy atom. The third-order valence-electron chi connectivity index (χ3n) is 3.58. The first-order chi connectivity index (χ1) is 11.1. The molecule has 1 aromatic rings. The van der Waals surface area contributed by atoms with Crippen molar-refractivity contribution in [3.63, 3.8) is 0 Å². The summed E-state index contributed by atoms with van der Waals surface area (Å²) in [6.45, 7) is 4.54. The van der Waals surface area contributed by atoms with Gasteiger partial charge in [-0.1, -0.05) is 0 Å². The minimum absolute atomic E-state index is 0.0390. The highest BCUT2D eigenvalue weighted by atomic mass is 16.5. The number of nitrogens with one attached hydrogen (secondary N) is 2. The van der Waals surface area contributed by atoms with E-state index in [1.807, 2.05) is 6.07 Å². The highest BCUT2D eigenvalue weighted by Gasteiger charge is 2.26. The molecule has 0 bridgehead atoms. The van der Waals surface area contributed by atoms with Crippen molar-refractivity contribution in [3.8, 4) is 0 Å². The van der Waals surface area contributed by atoms with E-state index < -0.39 is 17.9 Å². The second-order valence-corrected chi connectivity index (χ2v) is 5.45. The minimum Gasteiger partial charge on any atom is -0.468 e. The average Bonchev–Trinajstić information content (AvgIpc) is 3.07. The fourth-order valence-electron chi connectivity index (χ4n) is 2.37. The molecule has 0 aromatic carbocycles. The lowest BCUT2D eigenvalue weighted by Gasteiger charge is -2.33. The van der Waals surface area contributed by atoms with Gasteiger partial charge in [0, 0.05) is 26.2 Å². The fraction of sp³-hybridized carbons (Fsp3) is 0.600. The number of carbonyl (C=O) groups is 2. The summed E-state index contributed by atoms with van der Waals surface area (Å²) in [4.78, 5) is 25.6. The number of ether oxygens (including phenoxy) is 1. The van der Waals surface area contributed by atoms with Gasteiger partial charge in [0.1, 0.15) is 5.76 Å². The van der Waals surface area contributed by atoms with Gasteiger partial charge in [-0.15, -0.1) is 0 Å². The maximum absolute atomic E-state index is 11.8. The Balaban J connectivity index is 1.90. The Morgan fingerprint density at radius 2 is 1.91 bits per heavy atom. The summed E-state index contributed by atoms with van der Waals surface area (Å²) in [5, 5.41) is 14.1. The first-order valence-electron chi connectivity index (χ1n) is 7.67. The quantitative estimate of drug-likeness (QED) is 0.596. The van der Waals surface area contributed by atoms with Crippen LogP contribution in [0.15, 0.2) is 22.8 Å². The van der Waals surface area contributed by atoms with Crippen molar-refractivity contribution in [2.75, 3.05) is 39.4 Å². The summed E-state index contributed by atoms with van der Waals surface area (Å²) in [5.74, 6) is -0.752. The van der Waals surface area contributed by atoms with Crippen molar-refractivity contribution < 1.29 is 23.8 Å². The fourth-order valence-corrected chi connectivity index (χ4v) is 2.37. The van der Waals surface area contributed by atoms with E-state index in [1.165, 1.54) is 6.92 Å². The summed E-state index contributed by atoms with van der Waals surface area (Å²) in [6, 6.07) is 3.49. The molecular formula is C15H23N3O5. The number of morpholine rings is 1. The van der Waals surface area contributed by atoms with E-state index in [4.69, 9.17) is 14.3 Å². The molecule has 23 heavy (non-hydrogen) atoms. The van der Waals surface area contributed by atoms with Crippen LogP contribution in [0, 0.1) is 0 Å². The van der Waals surface area contributed by atoms with Gasteiger partial charge >= 0.3 is 11.8 Å². The molecule has 8 heteroatoms. The Hall–Kier alpha value is -1.90. The predicted molar refractivity (Wildman–Crippen MR) is 81.5 cm³/mol. The molecule has 0 radical (unpaired) electrons. The van der Waals surface area contributed by atoms with E-state index >= 15 is 0 Å². The van der Waals surface area contributed by atoms with Gasteiger partial charge < -0.3 is 24.9 Å². The van der Waals surface area contributed by atoms with Crippen molar-refractivity contribution in [1.82, 2.24) is 15.5 Å². The number of aliphatic hydroxyl groups is 1. The van der Waals surface area contributed by atoms with Crippen LogP contribution in [0.5, 0.6) is 0 Å². The molecule has 0 aliphatic carbocycles. The van der Waals surface area contributed by atoms with E-state index in [9.17, 15) is 9.59 Å². The summed E-state index contributed by atoms with van der Waals surface area (Å²) in [7, 11) is 0. The van der Waals surface area contributed by atoms with Gasteiger partial charge in [-0.2, -0.15) is 0 Å². The zero-order valence-electron chi connectivity index (χ0n) is 13.2. The monoisotopic (exact) mass is 325 g/mol. The zero-order chi connectivity index (χ0) is 16.7. The van der Waals surface area contributed by atoms with Crippen LogP contribution in [0.1, 0.15) is 18.7 Å². The molecule has 1 aliphatic heterocycles. The molecule has 0 saturated carbocycles. The van der Waals surface area contributed by atoms with Crippen LogP contribution in [0.3, 0.4) is 0 Å². The van der Waals surface area contributed by atoms with Gasteiger partial charge in [-0.05, 0) is 19.1 Å². The largest absolute Gasteiger partial charge is 0.468 e. The van der Waals surface area contributed by atoms with Crippen LogP contribution in [-0.4, -0.2) is 67.3 Å². The van der Waals surface area contributed by atoms with Crippen LogP contribution >= 0.6 is 0 Å². The number of hydrogen-bond acceptors (Lipinski definition) is 6. The summed E-state index contributed by atoms with van der Waals surface area (Å²) >= 11 is 0. The molecular weight excluding hydrogens is 302 g/mol. The maximum Gasteiger partial charge on any atom is 0.309 e. The summed E-state index contributed by atoms with van der Waals surface area (Å²) < 4.78 is 10.8. The molecule has 2 atom stereocenters. The first kappa shape index (κ1) is 17.5. The Morgan fingerprint density at radius 1 is 1.26 bits per heavy atom. The normalized spacial score (nSPS) is 18.2. The summed E-state index contributed by atoms with van der Waals surface area (Å²) in [6.07, 6.45) is 0.885. The first-order valence-corrected chi connectivity index (χ1v) is 7.67. The van der Waals surface area contributed by atoms with E-state index in [0.29, 0.717) is 13.2 Å². The standard InChI is InChI=1S/C15H23N3O5/c1-11(19)9-16-14(20)15(21)17-10-12(13-3-2-6-23-13)18-4-7-22-8-5-18/h2-3,6,11-12,19H,4-5,7-10H2,1H3,(H,16,20)(H,17,21). The van der Waals surface area contributed by atoms with Crippen LogP contribution in [0.4, 0.5) is 0 Å². The van der Waals surface area contributed by atoms with Crippen molar-refractivity contribution in [3.05, 3.63) is 24.2 Å². The lowest BCUT2D eigenvalue weighted by Crippen LogP contribution is -2.47. The van der Waals surface area contributed by atoms with Gasteiger partial charge in [-0.25, -0.2) is 0 Å². The number of carbonyl (C=O) groups excluding carboxylic acids is 2. The molecule has 3 N–H and O–H groups in total. The topological polar surface area (TPSA) is 104 Å². The molecule has 1 aliphatic rings. The second kappa shape index (κ2) is 8.66. The number of rotatable bonds is 6. The number of amides is 2. The van der Waals surface area contributed by atoms with Gasteiger partial charge in [0.2, 0.25) is 0 Å². The third kappa shape index (κ3) is 5.34. The highest BCUT2D eigenvalue weighted by Crippen LogP contribution is 2.21. The number of furan rings is 1.